The topological polar surface area (TPSA) is 124 Å². The Hall–Kier alpha value is -2.54. The minimum Gasteiger partial charge on any atom is -0.465 e. The highest BCUT2D eigenvalue weighted by Crippen LogP contribution is 2.38. The van der Waals surface area contributed by atoms with Crippen LogP contribution in [0.25, 0.3) is 10.2 Å². The summed E-state index contributed by atoms with van der Waals surface area (Å²) in [7, 11) is -2.85. The molecule has 0 fully saturated rings. The molecule has 2 heterocycles. The van der Waals surface area contributed by atoms with E-state index in [1.165, 1.54) is 29.8 Å². The maximum atomic E-state index is 12.6. The summed E-state index contributed by atoms with van der Waals surface area (Å²) in [5.74, 6) is -4.09. The van der Waals surface area contributed by atoms with Crippen LogP contribution in [0.5, 0.6) is 0 Å². The highest BCUT2D eigenvalue weighted by atomic mass is 35.5. The van der Waals surface area contributed by atoms with Crippen LogP contribution in [0.4, 0.5) is 5.00 Å². The minimum absolute atomic E-state index is 0.276. The molecular formula is C23H24ClN3O6S3. The first-order valence-corrected chi connectivity index (χ1v) is 15.0. The number of amides is 2. The van der Waals surface area contributed by atoms with Gasteiger partial charge >= 0.3 is 5.97 Å². The number of ether oxygens (including phenoxy) is 1. The smallest absolute Gasteiger partial charge is 0.341 e. The van der Waals surface area contributed by atoms with Crippen LogP contribution in [0, 0.1) is 0 Å². The van der Waals surface area contributed by atoms with E-state index in [1.807, 2.05) is 13.0 Å². The molecule has 0 saturated heterocycles. The minimum atomic E-state index is -4.11. The van der Waals surface area contributed by atoms with E-state index in [0.29, 0.717) is 22.8 Å². The zero-order valence-electron chi connectivity index (χ0n) is 19.6. The number of fused-ring (bicyclic) bond motifs is 2. The number of nitrogens with zero attached hydrogens (tertiary/aromatic N) is 2. The van der Waals surface area contributed by atoms with Gasteiger partial charge in [0.25, 0.3) is 5.91 Å². The molecule has 3 aromatic rings. The number of thiophene rings is 1. The van der Waals surface area contributed by atoms with E-state index in [-0.39, 0.29) is 10.6 Å². The summed E-state index contributed by atoms with van der Waals surface area (Å²) in [5.41, 5.74) is 1.96. The molecule has 0 atom stereocenters. The van der Waals surface area contributed by atoms with Crippen molar-refractivity contribution >= 4 is 77.1 Å². The summed E-state index contributed by atoms with van der Waals surface area (Å²) >= 11 is 8.53. The number of aromatic nitrogens is 1. The zero-order valence-corrected chi connectivity index (χ0v) is 22.8. The monoisotopic (exact) mass is 569 g/mol. The highest BCUT2D eigenvalue weighted by molar-refractivity contribution is 7.92. The molecule has 1 aliphatic carbocycles. The molecule has 13 heteroatoms. The second-order valence-corrected chi connectivity index (χ2v) is 12.8. The third-order valence-electron chi connectivity index (χ3n) is 5.69. The highest BCUT2D eigenvalue weighted by Gasteiger charge is 2.28. The summed E-state index contributed by atoms with van der Waals surface area (Å²) in [4.78, 5) is 42.8. The Balaban J connectivity index is 1.50. The molecule has 4 rings (SSSR count). The fraction of sp³-hybridized carbons (Fsp3) is 0.391. The van der Waals surface area contributed by atoms with Crippen LogP contribution in [-0.4, -0.2) is 49.4 Å². The number of halogens is 1. The number of nitrogens with one attached hydrogen (secondary N) is 1. The summed E-state index contributed by atoms with van der Waals surface area (Å²) in [5, 5.41) is 3.36. The van der Waals surface area contributed by atoms with Gasteiger partial charge in [-0.25, -0.2) is 13.2 Å². The molecule has 0 aliphatic heterocycles. The number of carbonyl (C=O) groups excluding carboxylic acids is 3. The van der Waals surface area contributed by atoms with E-state index < -0.39 is 39.1 Å². The van der Waals surface area contributed by atoms with Crippen molar-refractivity contribution in [2.75, 3.05) is 23.9 Å². The van der Waals surface area contributed by atoms with Gasteiger partial charge in [-0.3, -0.25) is 9.59 Å². The molecule has 0 spiro atoms. The first-order valence-electron chi connectivity index (χ1n) is 11.2. The van der Waals surface area contributed by atoms with Crippen LogP contribution in [0.15, 0.2) is 23.2 Å². The van der Waals surface area contributed by atoms with Gasteiger partial charge in [-0.05, 0) is 56.4 Å². The van der Waals surface area contributed by atoms with Gasteiger partial charge in [0, 0.05) is 16.4 Å². The van der Waals surface area contributed by atoms with Crippen molar-refractivity contribution < 1.29 is 27.5 Å². The van der Waals surface area contributed by atoms with E-state index in [0.717, 1.165) is 39.9 Å². The fourth-order valence-corrected chi connectivity index (χ4v) is 7.85. The molecule has 192 valence electrons. The second-order valence-electron chi connectivity index (χ2n) is 8.23. The lowest BCUT2D eigenvalue weighted by atomic mass is 9.95. The molecule has 0 unspecified atom stereocenters. The van der Waals surface area contributed by atoms with Gasteiger partial charge in [0.2, 0.25) is 5.91 Å². The van der Waals surface area contributed by atoms with E-state index in [2.05, 4.69) is 10.3 Å². The summed E-state index contributed by atoms with van der Waals surface area (Å²) in [6.07, 6.45) is 3.39. The molecule has 1 aliphatic rings. The molecule has 2 aromatic heterocycles. The van der Waals surface area contributed by atoms with Gasteiger partial charge in [0.05, 0.1) is 22.9 Å². The lowest BCUT2D eigenvalue weighted by molar-refractivity contribution is -0.115. The number of rotatable bonds is 7. The average Bonchev–Trinajstić information content (AvgIpc) is 3.33. The molecule has 1 N–H and O–H groups in total. The quantitative estimate of drug-likeness (QED) is 0.434. The third kappa shape index (κ3) is 5.72. The maximum Gasteiger partial charge on any atom is 0.341 e. The Morgan fingerprint density at radius 1 is 1.17 bits per heavy atom. The lowest BCUT2D eigenvalue weighted by Gasteiger charge is -2.11. The van der Waals surface area contributed by atoms with E-state index in [9.17, 15) is 22.8 Å². The van der Waals surface area contributed by atoms with Gasteiger partial charge in [-0.1, -0.05) is 22.9 Å². The average molecular weight is 570 g/mol. The van der Waals surface area contributed by atoms with Crippen molar-refractivity contribution in [2.24, 2.45) is 4.99 Å². The molecular weight excluding hydrogens is 546 g/mol. The molecule has 1 aromatic carbocycles. The number of methoxy groups -OCH3 is 1. The first kappa shape index (κ1) is 26.5. The Labute approximate surface area is 220 Å². The molecule has 9 nitrogen and oxygen atoms in total. The van der Waals surface area contributed by atoms with E-state index in [1.54, 1.807) is 16.7 Å². The third-order valence-corrected chi connectivity index (χ3v) is 9.56. The Morgan fingerprint density at radius 3 is 2.64 bits per heavy atom. The van der Waals surface area contributed by atoms with Gasteiger partial charge in [0.15, 0.2) is 14.6 Å². The van der Waals surface area contributed by atoms with Crippen LogP contribution in [0.1, 0.15) is 40.6 Å². The van der Waals surface area contributed by atoms with Crippen LogP contribution < -0.4 is 10.1 Å². The first-order chi connectivity index (χ1) is 17.1. The summed E-state index contributed by atoms with van der Waals surface area (Å²) in [6.45, 7) is 2.41. The predicted molar refractivity (Wildman–Crippen MR) is 141 cm³/mol. The zero-order chi connectivity index (χ0) is 26.0. The van der Waals surface area contributed by atoms with Crippen molar-refractivity contribution in [1.29, 1.82) is 0 Å². The fourth-order valence-electron chi connectivity index (χ4n) is 4.15. The second kappa shape index (κ2) is 10.8. The standard InChI is InChI=1S/C23H24ClN3O6S3/c1-3-27-15-9-8-13(24)10-17(15)35-23(27)26-19(29)12-36(31,32)11-18(28)25-21-20(22(30)33-2)14-6-4-5-7-16(14)34-21/h8-10H,3-7,11-12H2,1-2H3,(H,25,28). The Kier molecular flexibility index (Phi) is 7.98. The van der Waals surface area contributed by atoms with Crippen LogP contribution in [0.2, 0.25) is 5.02 Å². The summed E-state index contributed by atoms with van der Waals surface area (Å²) in [6, 6.07) is 5.30. The van der Waals surface area contributed by atoms with Gasteiger partial charge in [0.1, 0.15) is 16.5 Å². The number of benzene rings is 1. The molecule has 2 amide bonds. The number of hydrogen-bond donors (Lipinski definition) is 1. The van der Waals surface area contributed by atoms with E-state index in [4.69, 9.17) is 16.3 Å². The SMILES string of the molecule is CCn1c(=NC(=O)CS(=O)(=O)CC(=O)Nc2sc3c(c2C(=O)OC)CCCC3)sc2cc(Cl)ccc21. The number of carbonyl (C=O) groups is 3. The maximum absolute atomic E-state index is 12.6. The molecule has 0 bridgehead atoms. The van der Waals surface area contributed by atoms with Crippen molar-refractivity contribution in [3.63, 3.8) is 0 Å². The number of aryl methyl sites for hydroxylation is 2. The number of sulfone groups is 1. The Morgan fingerprint density at radius 2 is 1.92 bits per heavy atom. The van der Waals surface area contributed by atoms with Crippen LogP contribution in [-0.2, 0) is 43.5 Å². The van der Waals surface area contributed by atoms with Crippen molar-refractivity contribution in [3.05, 3.63) is 44.0 Å². The number of anilines is 1. The molecule has 0 radical (unpaired) electrons. The summed E-state index contributed by atoms with van der Waals surface area (Å²) < 4.78 is 32.7. The van der Waals surface area contributed by atoms with Crippen molar-refractivity contribution in [3.8, 4) is 0 Å². The van der Waals surface area contributed by atoms with Crippen molar-refractivity contribution in [1.82, 2.24) is 4.57 Å². The van der Waals surface area contributed by atoms with Crippen LogP contribution >= 0.6 is 34.3 Å². The van der Waals surface area contributed by atoms with Crippen LogP contribution in [0.3, 0.4) is 0 Å². The Bertz CT molecular complexity index is 1530. The number of thiazole rings is 1. The number of hydrogen-bond acceptors (Lipinski definition) is 8. The predicted octanol–water partition coefficient (Wildman–Crippen LogP) is 3.58. The van der Waals surface area contributed by atoms with Gasteiger partial charge < -0.3 is 14.6 Å². The van der Waals surface area contributed by atoms with E-state index >= 15 is 0 Å². The molecule has 36 heavy (non-hydrogen) atoms. The normalized spacial score (nSPS) is 14.0. The van der Waals surface area contributed by atoms with Crippen molar-refractivity contribution in [2.45, 2.75) is 39.2 Å². The molecule has 0 saturated carbocycles. The largest absolute Gasteiger partial charge is 0.465 e. The number of esters is 1. The van der Waals surface area contributed by atoms with Gasteiger partial charge in [-0.15, -0.1) is 11.3 Å². The lowest BCUT2D eigenvalue weighted by Crippen LogP contribution is -2.28. The van der Waals surface area contributed by atoms with Gasteiger partial charge in [-0.2, -0.15) is 4.99 Å².